The highest BCUT2D eigenvalue weighted by molar-refractivity contribution is 9.10. The molecule has 10 heteroatoms. The molecule has 0 saturated carbocycles. The molecule has 4 aromatic rings. The fourth-order valence-electron chi connectivity index (χ4n) is 5.37. The SMILES string of the molecule is CCOC(=O)C1=C(C)N=c2s/c(=C/c3cc(C)n(-c4ccc(Br)cc4)c3C)c(=O)n2[C@@H]1c1ccc(OC(C)C)c(OC)c1. The maximum Gasteiger partial charge on any atom is 0.338 e. The molecule has 0 bridgehead atoms. The summed E-state index contributed by atoms with van der Waals surface area (Å²) in [5, 5.41) is 0. The zero-order valence-electron chi connectivity index (χ0n) is 25.2. The number of halogens is 1. The Bertz CT molecular complexity index is 1910. The summed E-state index contributed by atoms with van der Waals surface area (Å²) in [6, 6.07) is 14.9. The molecule has 1 atom stereocenters. The van der Waals surface area contributed by atoms with Crippen LogP contribution in [0, 0.1) is 13.8 Å². The minimum atomic E-state index is -0.755. The van der Waals surface area contributed by atoms with Crippen LogP contribution >= 0.6 is 27.3 Å². The maximum absolute atomic E-state index is 14.2. The Morgan fingerprint density at radius 1 is 1.09 bits per heavy atom. The predicted molar refractivity (Wildman–Crippen MR) is 172 cm³/mol. The molecule has 0 N–H and O–H groups in total. The molecule has 0 fully saturated rings. The van der Waals surface area contributed by atoms with Gasteiger partial charge in [-0.2, -0.15) is 0 Å². The van der Waals surface area contributed by atoms with E-state index in [1.165, 1.54) is 11.3 Å². The highest BCUT2D eigenvalue weighted by Gasteiger charge is 2.34. The maximum atomic E-state index is 14.2. The molecule has 0 saturated heterocycles. The molecule has 43 heavy (non-hydrogen) atoms. The summed E-state index contributed by atoms with van der Waals surface area (Å²) in [6.07, 6.45) is 1.85. The van der Waals surface area contributed by atoms with Gasteiger partial charge >= 0.3 is 5.97 Å². The summed E-state index contributed by atoms with van der Waals surface area (Å²) in [7, 11) is 1.57. The Hall–Kier alpha value is -3.89. The molecule has 1 aliphatic heterocycles. The Morgan fingerprint density at radius 2 is 1.81 bits per heavy atom. The largest absolute Gasteiger partial charge is 0.493 e. The number of nitrogens with zero attached hydrogens (tertiary/aromatic N) is 3. The number of methoxy groups -OCH3 is 1. The number of rotatable bonds is 8. The number of hydrogen-bond acceptors (Lipinski definition) is 7. The van der Waals surface area contributed by atoms with Gasteiger partial charge in [-0.05, 0) is 101 Å². The first kappa shape index (κ1) is 30.6. The van der Waals surface area contributed by atoms with Crippen LogP contribution in [0.1, 0.15) is 56.3 Å². The van der Waals surface area contributed by atoms with Gasteiger partial charge in [0, 0.05) is 21.5 Å². The molecule has 1 aliphatic rings. The van der Waals surface area contributed by atoms with Crippen molar-refractivity contribution in [1.82, 2.24) is 9.13 Å². The number of carbonyl (C=O) groups excluding carboxylic acids is 1. The second-order valence-corrected chi connectivity index (χ2v) is 12.4. The van der Waals surface area contributed by atoms with Crippen LogP contribution in [0.3, 0.4) is 0 Å². The minimum absolute atomic E-state index is 0.0552. The van der Waals surface area contributed by atoms with Crippen LogP contribution in [0.4, 0.5) is 0 Å². The van der Waals surface area contributed by atoms with Crippen molar-refractivity contribution in [1.29, 1.82) is 0 Å². The van der Waals surface area contributed by atoms with Gasteiger partial charge < -0.3 is 18.8 Å². The number of thiazole rings is 1. The number of benzene rings is 2. The summed E-state index contributed by atoms with van der Waals surface area (Å²) in [5.74, 6) is 0.572. The van der Waals surface area contributed by atoms with Crippen LogP contribution < -0.4 is 24.4 Å². The second kappa shape index (κ2) is 12.4. The number of carbonyl (C=O) groups is 1. The van der Waals surface area contributed by atoms with E-state index >= 15 is 0 Å². The molecule has 0 amide bonds. The highest BCUT2D eigenvalue weighted by Crippen LogP contribution is 2.36. The molecule has 8 nitrogen and oxygen atoms in total. The molecular weight excluding hydrogens is 630 g/mol. The average molecular weight is 665 g/mol. The molecule has 3 heterocycles. The predicted octanol–water partition coefficient (Wildman–Crippen LogP) is 5.76. The lowest BCUT2D eigenvalue weighted by atomic mass is 9.95. The van der Waals surface area contributed by atoms with Crippen LogP contribution in [0.5, 0.6) is 11.5 Å². The van der Waals surface area contributed by atoms with Crippen molar-refractivity contribution < 1.29 is 19.0 Å². The van der Waals surface area contributed by atoms with Crippen LogP contribution in [-0.2, 0) is 9.53 Å². The fraction of sp³-hybridized carbons (Fsp3) is 0.303. The summed E-state index contributed by atoms with van der Waals surface area (Å²) < 4.78 is 22.3. The van der Waals surface area contributed by atoms with E-state index in [1.54, 1.807) is 31.6 Å². The second-order valence-electron chi connectivity index (χ2n) is 10.5. The number of aromatic nitrogens is 2. The smallest absolute Gasteiger partial charge is 0.338 e. The molecule has 0 radical (unpaired) electrons. The van der Waals surface area contributed by atoms with Crippen LogP contribution in [0.2, 0.25) is 0 Å². The van der Waals surface area contributed by atoms with E-state index in [4.69, 9.17) is 19.2 Å². The molecule has 2 aromatic carbocycles. The van der Waals surface area contributed by atoms with Gasteiger partial charge in [0.2, 0.25) is 0 Å². The van der Waals surface area contributed by atoms with Gasteiger partial charge in [0.05, 0.1) is 41.7 Å². The van der Waals surface area contributed by atoms with Gasteiger partial charge in [0.1, 0.15) is 0 Å². The first-order chi connectivity index (χ1) is 20.5. The fourth-order valence-corrected chi connectivity index (χ4v) is 6.68. The Morgan fingerprint density at radius 3 is 2.47 bits per heavy atom. The normalized spacial score (nSPS) is 15.0. The van der Waals surface area contributed by atoms with Crippen molar-refractivity contribution in [2.75, 3.05) is 13.7 Å². The molecular formula is C33H34BrN3O5S. The molecule has 2 aromatic heterocycles. The van der Waals surface area contributed by atoms with Crippen molar-refractivity contribution in [3.63, 3.8) is 0 Å². The van der Waals surface area contributed by atoms with Gasteiger partial charge in [0.15, 0.2) is 16.3 Å². The molecule has 5 rings (SSSR count). The first-order valence-corrected chi connectivity index (χ1v) is 15.6. The zero-order chi connectivity index (χ0) is 31.0. The van der Waals surface area contributed by atoms with E-state index < -0.39 is 12.0 Å². The quantitative estimate of drug-likeness (QED) is 0.224. The first-order valence-electron chi connectivity index (χ1n) is 14.0. The van der Waals surface area contributed by atoms with E-state index in [9.17, 15) is 9.59 Å². The lowest BCUT2D eigenvalue weighted by Gasteiger charge is -2.25. The summed E-state index contributed by atoms with van der Waals surface area (Å²) in [5.41, 5.74) is 5.29. The third kappa shape index (κ3) is 5.86. The number of esters is 1. The third-order valence-electron chi connectivity index (χ3n) is 7.22. The summed E-state index contributed by atoms with van der Waals surface area (Å²) in [4.78, 5) is 32.7. The molecule has 0 unspecified atom stereocenters. The van der Waals surface area contributed by atoms with Gasteiger partial charge in [-0.1, -0.05) is 33.3 Å². The van der Waals surface area contributed by atoms with Crippen LogP contribution in [0.15, 0.2) is 74.1 Å². The van der Waals surface area contributed by atoms with Crippen molar-refractivity contribution in [2.45, 2.75) is 53.7 Å². The number of aryl methyl sites for hydroxylation is 1. The zero-order valence-corrected chi connectivity index (χ0v) is 27.6. The number of hydrogen-bond donors (Lipinski definition) is 0. The standard InChI is InChI=1S/C33H34BrN3O5S/c1-8-41-32(39)29-20(5)35-33-37(30(29)22-9-14-26(42-18(2)3)27(16-22)40-7)31(38)28(43-33)17-23-15-19(4)36(21(23)6)25-12-10-24(34)11-13-25/h9-18,30H,8H2,1-7H3/b28-17+/t30-/m1/s1. The Balaban J connectivity index is 1.69. The van der Waals surface area contributed by atoms with Crippen LogP contribution in [0.25, 0.3) is 11.8 Å². The molecule has 224 valence electrons. The van der Waals surface area contributed by atoms with Gasteiger partial charge in [-0.25, -0.2) is 9.79 Å². The van der Waals surface area contributed by atoms with E-state index in [1.807, 2.05) is 70.2 Å². The van der Waals surface area contributed by atoms with Crippen molar-refractivity contribution in [3.8, 4) is 17.2 Å². The number of allylic oxidation sites excluding steroid dienone is 1. The van der Waals surface area contributed by atoms with E-state index in [0.717, 1.165) is 27.1 Å². The third-order valence-corrected chi connectivity index (χ3v) is 8.74. The lowest BCUT2D eigenvalue weighted by molar-refractivity contribution is -0.139. The van der Waals surface area contributed by atoms with E-state index in [0.29, 0.717) is 37.7 Å². The van der Waals surface area contributed by atoms with Crippen molar-refractivity contribution in [2.24, 2.45) is 4.99 Å². The average Bonchev–Trinajstić information content (AvgIpc) is 3.42. The molecule has 0 spiro atoms. The summed E-state index contributed by atoms with van der Waals surface area (Å²) >= 11 is 4.80. The van der Waals surface area contributed by atoms with Crippen molar-refractivity contribution in [3.05, 3.63) is 106 Å². The van der Waals surface area contributed by atoms with Gasteiger partial charge in [-0.15, -0.1) is 0 Å². The van der Waals surface area contributed by atoms with E-state index in [2.05, 4.69) is 26.6 Å². The van der Waals surface area contributed by atoms with Crippen molar-refractivity contribution >= 4 is 39.3 Å². The lowest BCUT2D eigenvalue weighted by Crippen LogP contribution is -2.40. The topological polar surface area (TPSA) is 84.1 Å². The Labute approximate surface area is 262 Å². The monoisotopic (exact) mass is 663 g/mol. The number of ether oxygens (including phenoxy) is 3. The highest BCUT2D eigenvalue weighted by atomic mass is 79.9. The van der Waals surface area contributed by atoms with Crippen LogP contribution in [-0.4, -0.2) is 34.9 Å². The van der Waals surface area contributed by atoms with Gasteiger partial charge in [0.25, 0.3) is 5.56 Å². The minimum Gasteiger partial charge on any atom is -0.493 e. The number of fused-ring (bicyclic) bond motifs is 1. The van der Waals surface area contributed by atoms with E-state index in [-0.39, 0.29) is 18.3 Å². The Kier molecular flexibility index (Phi) is 8.80. The molecule has 0 aliphatic carbocycles. The van der Waals surface area contributed by atoms with Gasteiger partial charge in [-0.3, -0.25) is 9.36 Å². The summed E-state index contributed by atoms with van der Waals surface area (Å²) in [6.45, 7) is 11.7.